The summed E-state index contributed by atoms with van der Waals surface area (Å²) in [6.45, 7) is 10.2. The van der Waals surface area contributed by atoms with E-state index < -0.39 is 0 Å². The average molecular weight is 241 g/mol. The van der Waals surface area contributed by atoms with Crippen LogP contribution in [0.2, 0.25) is 0 Å². The molecular formula is C13H27N3O. The Morgan fingerprint density at radius 3 is 2.65 bits per heavy atom. The highest BCUT2D eigenvalue weighted by atomic mass is 16.2. The minimum atomic E-state index is -0.0177. The summed E-state index contributed by atoms with van der Waals surface area (Å²) in [5.74, 6) is 0.251. The van der Waals surface area contributed by atoms with Crippen molar-refractivity contribution in [3.05, 3.63) is 0 Å². The van der Waals surface area contributed by atoms with E-state index in [1.165, 1.54) is 0 Å². The number of carbonyl (C=O) groups is 1. The van der Waals surface area contributed by atoms with Crippen LogP contribution in [0.25, 0.3) is 0 Å². The quantitative estimate of drug-likeness (QED) is 0.761. The molecule has 0 aromatic rings. The lowest BCUT2D eigenvalue weighted by atomic mass is 10.2. The lowest BCUT2D eigenvalue weighted by molar-refractivity contribution is -0.130. The number of hydrogen-bond donors (Lipinski definition) is 1. The van der Waals surface area contributed by atoms with Gasteiger partial charge in [0, 0.05) is 19.1 Å². The lowest BCUT2D eigenvalue weighted by Crippen LogP contribution is -2.42. The van der Waals surface area contributed by atoms with Gasteiger partial charge < -0.3 is 9.80 Å². The van der Waals surface area contributed by atoms with Gasteiger partial charge in [-0.05, 0) is 34.2 Å². The molecule has 1 N–H and O–H groups in total. The van der Waals surface area contributed by atoms with Gasteiger partial charge in [-0.25, -0.2) is 0 Å². The normalized spacial score (nSPS) is 25.4. The predicted octanol–water partition coefficient (Wildman–Crippen LogP) is 1.27. The largest absolute Gasteiger partial charge is 0.325 e. The molecule has 0 aromatic carbocycles. The van der Waals surface area contributed by atoms with E-state index in [2.05, 4.69) is 38.0 Å². The number of hydrogen-bond acceptors (Lipinski definition) is 3. The maximum atomic E-state index is 12.0. The number of carbonyl (C=O) groups excluding carboxylic acids is 1. The number of nitrogens with one attached hydrogen (secondary N) is 1. The minimum Gasteiger partial charge on any atom is -0.325 e. The Balaban J connectivity index is 2.51. The van der Waals surface area contributed by atoms with E-state index in [-0.39, 0.29) is 18.1 Å². The van der Waals surface area contributed by atoms with E-state index in [0.717, 1.165) is 25.9 Å². The molecule has 0 bridgehead atoms. The molecule has 1 amide bonds. The van der Waals surface area contributed by atoms with Gasteiger partial charge in [0.1, 0.15) is 0 Å². The molecule has 0 aromatic heterocycles. The third-order valence-corrected chi connectivity index (χ3v) is 3.61. The Morgan fingerprint density at radius 2 is 2.12 bits per heavy atom. The Kier molecular flexibility index (Phi) is 5.40. The first-order chi connectivity index (χ1) is 7.97. The third kappa shape index (κ3) is 3.68. The van der Waals surface area contributed by atoms with E-state index >= 15 is 0 Å². The van der Waals surface area contributed by atoms with Crippen LogP contribution >= 0.6 is 0 Å². The van der Waals surface area contributed by atoms with Crippen LogP contribution in [0.3, 0.4) is 0 Å². The number of amides is 1. The van der Waals surface area contributed by atoms with Crippen LogP contribution in [0, 0.1) is 0 Å². The highest BCUT2D eigenvalue weighted by molar-refractivity contribution is 5.83. The van der Waals surface area contributed by atoms with Crippen molar-refractivity contribution in [1.82, 2.24) is 15.1 Å². The van der Waals surface area contributed by atoms with Gasteiger partial charge in [-0.15, -0.1) is 0 Å². The minimum absolute atomic E-state index is 0.0177. The molecule has 1 aliphatic heterocycles. The Bertz CT molecular complexity index is 255. The fourth-order valence-corrected chi connectivity index (χ4v) is 2.15. The third-order valence-electron chi connectivity index (χ3n) is 3.61. The first-order valence-corrected chi connectivity index (χ1v) is 6.74. The molecular weight excluding hydrogens is 214 g/mol. The molecule has 1 aliphatic rings. The molecule has 17 heavy (non-hydrogen) atoms. The molecule has 2 atom stereocenters. The maximum absolute atomic E-state index is 12.0. The van der Waals surface area contributed by atoms with Crippen LogP contribution in [-0.4, -0.2) is 54.1 Å². The molecule has 1 fully saturated rings. The molecule has 0 spiro atoms. The van der Waals surface area contributed by atoms with E-state index in [1.807, 2.05) is 11.8 Å². The van der Waals surface area contributed by atoms with Crippen LogP contribution < -0.4 is 5.32 Å². The average Bonchev–Trinajstić information content (AvgIpc) is 2.52. The summed E-state index contributed by atoms with van der Waals surface area (Å²) in [6.07, 6.45) is 2.39. The fourth-order valence-electron chi connectivity index (χ4n) is 2.15. The summed E-state index contributed by atoms with van der Waals surface area (Å²) in [6, 6.07) is 0.513. The zero-order valence-electron chi connectivity index (χ0n) is 11.9. The molecule has 0 radical (unpaired) electrons. The van der Waals surface area contributed by atoms with Gasteiger partial charge in [-0.3, -0.25) is 10.1 Å². The number of nitrogens with zero attached hydrogens (tertiary/aromatic N) is 2. The smallest absolute Gasteiger partial charge is 0.240 e. The molecule has 4 heteroatoms. The van der Waals surface area contributed by atoms with E-state index in [9.17, 15) is 4.79 Å². The van der Waals surface area contributed by atoms with Crippen molar-refractivity contribution >= 4 is 5.91 Å². The van der Waals surface area contributed by atoms with Crippen LogP contribution in [0.4, 0.5) is 0 Å². The predicted molar refractivity (Wildman–Crippen MR) is 70.8 cm³/mol. The highest BCUT2D eigenvalue weighted by Gasteiger charge is 2.35. The van der Waals surface area contributed by atoms with Crippen molar-refractivity contribution in [2.24, 2.45) is 0 Å². The SMILES string of the molecule is CCCC1NC(C)C(=O)N1CCN(C)C(C)C. The zero-order valence-corrected chi connectivity index (χ0v) is 11.9. The maximum Gasteiger partial charge on any atom is 0.240 e. The van der Waals surface area contributed by atoms with Crippen molar-refractivity contribution in [1.29, 1.82) is 0 Å². The molecule has 0 aliphatic carbocycles. The Hall–Kier alpha value is -0.610. The summed E-state index contributed by atoms with van der Waals surface area (Å²) < 4.78 is 0. The van der Waals surface area contributed by atoms with Crippen LogP contribution in [0.5, 0.6) is 0 Å². The van der Waals surface area contributed by atoms with Crippen LogP contribution in [0.15, 0.2) is 0 Å². The van der Waals surface area contributed by atoms with Gasteiger partial charge in [0.2, 0.25) is 5.91 Å². The molecule has 0 saturated carbocycles. The summed E-state index contributed by atoms with van der Waals surface area (Å²) in [7, 11) is 2.11. The van der Waals surface area contributed by atoms with Gasteiger partial charge in [0.25, 0.3) is 0 Å². The van der Waals surface area contributed by atoms with E-state index in [4.69, 9.17) is 0 Å². The second kappa shape index (κ2) is 6.36. The molecule has 2 unspecified atom stereocenters. The molecule has 100 valence electrons. The molecule has 1 rings (SSSR count). The summed E-state index contributed by atoms with van der Waals surface area (Å²) in [5.41, 5.74) is 0. The first kappa shape index (κ1) is 14.5. The van der Waals surface area contributed by atoms with E-state index in [1.54, 1.807) is 0 Å². The van der Waals surface area contributed by atoms with Gasteiger partial charge in [0.15, 0.2) is 0 Å². The van der Waals surface area contributed by atoms with Gasteiger partial charge in [0.05, 0.1) is 12.2 Å². The highest BCUT2D eigenvalue weighted by Crippen LogP contribution is 2.14. The lowest BCUT2D eigenvalue weighted by Gasteiger charge is -2.28. The monoisotopic (exact) mass is 241 g/mol. The zero-order chi connectivity index (χ0) is 13.0. The van der Waals surface area contributed by atoms with Crippen molar-refractivity contribution < 1.29 is 4.79 Å². The van der Waals surface area contributed by atoms with Crippen molar-refractivity contribution in [2.75, 3.05) is 20.1 Å². The van der Waals surface area contributed by atoms with Crippen LogP contribution in [0.1, 0.15) is 40.5 Å². The Labute approximate surface area is 105 Å². The summed E-state index contributed by atoms with van der Waals surface area (Å²) >= 11 is 0. The van der Waals surface area contributed by atoms with Crippen LogP contribution in [-0.2, 0) is 4.79 Å². The molecule has 4 nitrogen and oxygen atoms in total. The molecule has 1 heterocycles. The van der Waals surface area contributed by atoms with Gasteiger partial charge in [-0.1, -0.05) is 13.3 Å². The van der Waals surface area contributed by atoms with Gasteiger partial charge in [-0.2, -0.15) is 0 Å². The fraction of sp³-hybridized carbons (Fsp3) is 0.923. The second-order valence-corrected chi connectivity index (χ2v) is 5.30. The Morgan fingerprint density at radius 1 is 1.47 bits per heavy atom. The number of rotatable bonds is 6. The summed E-state index contributed by atoms with van der Waals surface area (Å²) in [4.78, 5) is 16.3. The molecule has 1 saturated heterocycles. The van der Waals surface area contributed by atoms with Crippen molar-refractivity contribution in [3.8, 4) is 0 Å². The standard InChI is InChI=1S/C13H27N3O/c1-6-7-12-14-11(4)13(17)16(12)9-8-15(5)10(2)3/h10-12,14H,6-9H2,1-5H3. The first-order valence-electron chi connectivity index (χ1n) is 6.74. The number of likely N-dealkylation sites (N-methyl/N-ethyl adjacent to an activating group) is 1. The second-order valence-electron chi connectivity index (χ2n) is 5.30. The van der Waals surface area contributed by atoms with Crippen molar-refractivity contribution in [2.45, 2.75) is 58.8 Å². The van der Waals surface area contributed by atoms with Crippen molar-refractivity contribution in [3.63, 3.8) is 0 Å². The summed E-state index contributed by atoms with van der Waals surface area (Å²) in [5, 5.41) is 3.37. The van der Waals surface area contributed by atoms with Gasteiger partial charge >= 0.3 is 0 Å². The topological polar surface area (TPSA) is 35.6 Å². The van der Waals surface area contributed by atoms with E-state index in [0.29, 0.717) is 6.04 Å².